The zero-order valence-electron chi connectivity index (χ0n) is 9.75. The maximum atomic E-state index is 8.91. The van der Waals surface area contributed by atoms with E-state index < -0.39 is 0 Å². The highest BCUT2D eigenvalue weighted by atomic mass is 15.3. The molecule has 2 aromatic rings. The van der Waals surface area contributed by atoms with Crippen LogP contribution in [0.5, 0.6) is 0 Å². The van der Waals surface area contributed by atoms with Gasteiger partial charge in [-0.15, -0.1) is 0 Å². The lowest BCUT2D eigenvalue weighted by Gasteiger charge is -2.05. The molecule has 2 rings (SSSR count). The average Bonchev–Trinajstić information content (AvgIpc) is 2.78. The summed E-state index contributed by atoms with van der Waals surface area (Å²) < 4.78 is 1.85. The molecule has 17 heavy (non-hydrogen) atoms. The Labute approximate surface area is 99.7 Å². The molecule has 0 fully saturated rings. The van der Waals surface area contributed by atoms with Gasteiger partial charge in [-0.3, -0.25) is 4.68 Å². The predicted octanol–water partition coefficient (Wildman–Crippen LogP) is 2.47. The van der Waals surface area contributed by atoms with Gasteiger partial charge in [0.15, 0.2) is 11.5 Å². The fourth-order valence-corrected chi connectivity index (χ4v) is 1.43. The lowest BCUT2D eigenvalue weighted by Crippen LogP contribution is -2.02. The molecule has 0 atom stereocenters. The van der Waals surface area contributed by atoms with Gasteiger partial charge in [-0.25, -0.2) is 4.98 Å². The Balaban J connectivity index is 2.23. The SMILES string of the molecule is CC(C)n1ccc(Nc2cccnc2C#N)n1. The number of rotatable bonds is 3. The van der Waals surface area contributed by atoms with Crippen molar-refractivity contribution in [3.63, 3.8) is 0 Å². The summed E-state index contributed by atoms with van der Waals surface area (Å²) in [6, 6.07) is 7.81. The molecular weight excluding hydrogens is 214 g/mol. The topological polar surface area (TPSA) is 66.5 Å². The van der Waals surface area contributed by atoms with Crippen molar-refractivity contribution in [2.75, 3.05) is 5.32 Å². The second-order valence-corrected chi connectivity index (χ2v) is 3.91. The third-order valence-corrected chi connectivity index (χ3v) is 2.31. The van der Waals surface area contributed by atoms with Crippen LogP contribution in [0.3, 0.4) is 0 Å². The maximum Gasteiger partial charge on any atom is 0.163 e. The quantitative estimate of drug-likeness (QED) is 0.874. The van der Waals surface area contributed by atoms with Crippen molar-refractivity contribution in [1.82, 2.24) is 14.8 Å². The van der Waals surface area contributed by atoms with Gasteiger partial charge in [0.1, 0.15) is 6.07 Å². The summed E-state index contributed by atoms with van der Waals surface area (Å²) in [5, 5.41) is 16.3. The molecule has 2 aromatic heterocycles. The Bertz CT molecular complexity index is 550. The zero-order chi connectivity index (χ0) is 12.3. The Morgan fingerprint density at radius 2 is 2.24 bits per heavy atom. The van der Waals surface area contributed by atoms with E-state index >= 15 is 0 Å². The van der Waals surface area contributed by atoms with Crippen LogP contribution in [0, 0.1) is 11.3 Å². The summed E-state index contributed by atoms with van der Waals surface area (Å²) in [4.78, 5) is 3.98. The van der Waals surface area contributed by atoms with Crippen LogP contribution in [-0.2, 0) is 0 Å². The van der Waals surface area contributed by atoms with Crippen molar-refractivity contribution in [2.24, 2.45) is 0 Å². The molecule has 86 valence electrons. The summed E-state index contributed by atoms with van der Waals surface area (Å²) in [6.45, 7) is 4.11. The summed E-state index contributed by atoms with van der Waals surface area (Å²) in [7, 11) is 0. The Morgan fingerprint density at radius 1 is 1.41 bits per heavy atom. The van der Waals surface area contributed by atoms with Crippen LogP contribution in [0.15, 0.2) is 30.6 Å². The molecule has 0 saturated heterocycles. The standard InChI is InChI=1S/C12H13N5/c1-9(2)17-7-5-12(16-17)15-10-4-3-6-14-11(10)8-13/h3-7,9H,1-2H3,(H,15,16). The third kappa shape index (κ3) is 2.42. The van der Waals surface area contributed by atoms with Gasteiger partial charge in [-0.1, -0.05) is 0 Å². The molecule has 0 amide bonds. The first kappa shape index (κ1) is 11.1. The molecular formula is C12H13N5. The Morgan fingerprint density at radius 3 is 2.88 bits per heavy atom. The van der Waals surface area contributed by atoms with E-state index in [0.717, 1.165) is 0 Å². The van der Waals surface area contributed by atoms with Crippen LogP contribution >= 0.6 is 0 Å². The monoisotopic (exact) mass is 227 g/mol. The Kier molecular flexibility index (Phi) is 3.06. The molecule has 5 heteroatoms. The minimum atomic E-state index is 0.315. The molecule has 2 heterocycles. The van der Waals surface area contributed by atoms with E-state index in [0.29, 0.717) is 23.2 Å². The van der Waals surface area contributed by atoms with Crippen molar-refractivity contribution in [1.29, 1.82) is 5.26 Å². The van der Waals surface area contributed by atoms with Crippen LogP contribution in [0.4, 0.5) is 11.5 Å². The van der Waals surface area contributed by atoms with Gasteiger partial charge in [-0.2, -0.15) is 10.4 Å². The molecule has 0 aliphatic heterocycles. The Hall–Kier alpha value is -2.35. The van der Waals surface area contributed by atoms with Gasteiger partial charge in [-0.05, 0) is 26.0 Å². The number of nitrogens with zero attached hydrogens (tertiary/aromatic N) is 4. The molecule has 0 aromatic carbocycles. The van der Waals surface area contributed by atoms with Crippen molar-refractivity contribution in [2.45, 2.75) is 19.9 Å². The number of nitrogens with one attached hydrogen (secondary N) is 1. The first-order chi connectivity index (χ1) is 8.20. The highest BCUT2D eigenvalue weighted by Gasteiger charge is 2.05. The van der Waals surface area contributed by atoms with Crippen LogP contribution in [0.1, 0.15) is 25.6 Å². The van der Waals surface area contributed by atoms with E-state index in [9.17, 15) is 0 Å². The number of nitriles is 1. The number of pyridine rings is 1. The van der Waals surface area contributed by atoms with Gasteiger partial charge in [0, 0.05) is 24.5 Å². The largest absolute Gasteiger partial charge is 0.336 e. The first-order valence-electron chi connectivity index (χ1n) is 5.38. The van der Waals surface area contributed by atoms with Gasteiger partial charge >= 0.3 is 0 Å². The van der Waals surface area contributed by atoms with Crippen molar-refractivity contribution in [3.05, 3.63) is 36.3 Å². The van der Waals surface area contributed by atoms with Gasteiger partial charge in [0.25, 0.3) is 0 Å². The highest BCUT2D eigenvalue weighted by Crippen LogP contribution is 2.17. The van der Waals surface area contributed by atoms with E-state index in [1.165, 1.54) is 0 Å². The highest BCUT2D eigenvalue weighted by molar-refractivity contribution is 5.61. The maximum absolute atomic E-state index is 8.91. The van der Waals surface area contributed by atoms with E-state index in [-0.39, 0.29) is 0 Å². The number of hydrogen-bond donors (Lipinski definition) is 1. The van der Waals surface area contributed by atoms with Gasteiger partial charge in [0.2, 0.25) is 0 Å². The second-order valence-electron chi connectivity index (χ2n) is 3.91. The molecule has 0 unspecified atom stereocenters. The summed E-state index contributed by atoms with van der Waals surface area (Å²) >= 11 is 0. The van der Waals surface area contributed by atoms with Gasteiger partial charge < -0.3 is 5.32 Å². The number of aromatic nitrogens is 3. The fraction of sp³-hybridized carbons (Fsp3) is 0.250. The molecule has 0 saturated carbocycles. The van der Waals surface area contributed by atoms with Crippen LogP contribution in [0.25, 0.3) is 0 Å². The minimum Gasteiger partial charge on any atom is -0.336 e. The third-order valence-electron chi connectivity index (χ3n) is 2.31. The lowest BCUT2D eigenvalue weighted by atomic mass is 10.3. The first-order valence-corrected chi connectivity index (χ1v) is 5.38. The molecule has 0 aliphatic carbocycles. The molecule has 0 bridgehead atoms. The van der Waals surface area contributed by atoms with Crippen molar-refractivity contribution >= 4 is 11.5 Å². The summed E-state index contributed by atoms with van der Waals surface area (Å²) in [5.41, 5.74) is 1.04. The molecule has 0 aliphatic rings. The second kappa shape index (κ2) is 4.66. The van der Waals surface area contributed by atoms with Crippen molar-refractivity contribution in [3.8, 4) is 6.07 Å². The summed E-state index contributed by atoms with van der Waals surface area (Å²) in [5.74, 6) is 0.711. The van der Waals surface area contributed by atoms with E-state index in [2.05, 4.69) is 29.2 Å². The van der Waals surface area contributed by atoms with Crippen LogP contribution in [-0.4, -0.2) is 14.8 Å². The smallest absolute Gasteiger partial charge is 0.163 e. The number of anilines is 2. The summed E-state index contributed by atoms with van der Waals surface area (Å²) in [6.07, 6.45) is 3.49. The minimum absolute atomic E-state index is 0.315. The van der Waals surface area contributed by atoms with E-state index in [4.69, 9.17) is 5.26 Å². The molecule has 5 nitrogen and oxygen atoms in total. The van der Waals surface area contributed by atoms with E-state index in [1.54, 1.807) is 18.3 Å². The fourth-order valence-electron chi connectivity index (χ4n) is 1.43. The normalized spacial score (nSPS) is 10.2. The predicted molar refractivity (Wildman–Crippen MR) is 64.8 cm³/mol. The molecule has 1 N–H and O–H groups in total. The molecule has 0 radical (unpaired) electrons. The zero-order valence-corrected chi connectivity index (χ0v) is 9.75. The van der Waals surface area contributed by atoms with E-state index in [1.807, 2.05) is 23.0 Å². The van der Waals surface area contributed by atoms with Gasteiger partial charge in [0.05, 0.1) is 5.69 Å². The molecule has 0 spiro atoms. The lowest BCUT2D eigenvalue weighted by molar-refractivity contribution is 0.534. The van der Waals surface area contributed by atoms with Crippen LogP contribution in [0.2, 0.25) is 0 Å². The van der Waals surface area contributed by atoms with Crippen LogP contribution < -0.4 is 5.32 Å². The van der Waals surface area contributed by atoms with Crippen molar-refractivity contribution < 1.29 is 0 Å². The number of hydrogen-bond acceptors (Lipinski definition) is 4. The average molecular weight is 227 g/mol.